The van der Waals surface area contributed by atoms with Gasteiger partial charge in [-0.25, -0.2) is 4.79 Å². The van der Waals surface area contributed by atoms with Crippen LogP contribution in [0.3, 0.4) is 0 Å². The number of aliphatic carboxylic acids is 1. The molecule has 0 aliphatic heterocycles. The molecular formula is C9H7ClF2O3. The van der Waals surface area contributed by atoms with Crippen molar-refractivity contribution in [2.24, 2.45) is 0 Å². The fourth-order valence-electron chi connectivity index (χ4n) is 1.05. The monoisotopic (exact) mass is 236 g/mol. The molecule has 0 radical (unpaired) electrons. The van der Waals surface area contributed by atoms with Crippen LogP contribution in [0.5, 0.6) is 0 Å². The molecule has 0 aliphatic rings. The minimum Gasteiger partial charge on any atom is -0.479 e. The third-order valence-corrected chi connectivity index (χ3v) is 1.85. The van der Waals surface area contributed by atoms with Crippen LogP contribution in [-0.4, -0.2) is 17.7 Å². The summed E-state index contributed by atoms with van der Waals surface area (Å²) in [5, 5.41) is 8.93. The van der Waals surface area contributed by atoms with Crippen molar-refractivity contribution in [1.29, 1.82) is 0 Å². The van der Waals surface area contributed by atoms with Gasteiger partial charge in [-0.3, -0.25) is 0 Å². The lowest BCUT2D eigenvalue weighted by atomic mass is 10.1. The fraction of sp³-hybridized carbons (Fsp3) is 0.222. The van der Waals surface area contributed by atoms with Crippen LogP contribution >= 0.6 is 11.6 Å². The summed E-state index contributed by atoms with van der Waals surface area (Å²) in [5.41, 5.74) is 0.0790. The zero-order valence-corrected chi connectivity index (χ0v) is 8.12. The minimum absolute atomic E-state index is 0.0790. The summed E-state index contributed by atoms with van der Waals surface area (Å²) in [6.45, 7) is -3.15. The summed E-state index contributed by atoms with van der Waals surface area (Å²) in [7, 11) is 0. The minimum atomic E-state index is -3.15. The molecule has 0 bridgehead atoms. The number of benzene rings is 1. The Morgan fingerprint density at radius 1 is 1.47 bits per heavy atom. The zero-order valence-electron chi connectivity index (χ0n) is 7.36. The predicted octanol–water partition coefficient (Wildman–Crippen LogP) is 2.70. The largest absolute Gasteiger partial charge is 0.479 e. The number of carbonyl (C=O) groups is 1. The number of hydrogen-bond acceptors (Lipinski definition) is 2. The highest BCUT2D eigenvalue weighted by atomic mass is 35.5. The first-order valence-corrected chi connectivity index (χ1v) is 4.30. The number of ether oxygens (including phenoxy) is 1. The van der Waals surface area contributed by atoms with Crippen molar-refractivity contribution < 1.29 is 23.4 Å². The lowest BCUT2D eigenvalue weighted by Gasteiger charge is -2.13. The quantitative estimate of drug-likeness (QED) is 0.874. The molecule has 0 amide bonds. The maximum Gasteiger partial charge on any atom is 0.346 e. The Hall–Kier alpha value is -1.20. The zero-order chi connectivity index (χ0) is 11.4. The molecule has 0 aliphatic carbocycles. The molecule has 1 N–H and O–H groups in total. The van der Waals surface area contributed by atoms with Gasteiger partial charge in [0, 0.05) is 5.02 Å². The van der Waals surface area contributed by atoms with E-state index in [-0.39, 0.29) is 10.6 Å². The van der Waals surface area contributed by atoms with Crippen molar-refractivity contribution in [3.8, 4) is 0 Å². The Morgan fingerprint density at radius 2 is 2.13 bits per heavy atom. The topological polar surface area (TPSA) is 46.5 Å². The molecule has 3 nitrogen and oxygen atoms in total. The molecule has 0 fully saturated rings. The average molecular weight is 237 g/mol. The molecule has 0 spiro atoms. The van der Waals surface area contributed by atoms with Crippen molar-refractivity contribution in [1.82, 2.24) is 0 Å². The Labute approximate surface area is 89.2 Å². The van der Waals surface area contributed by atoms with Crippen LogP contribution in [0.2, 0.25) is 5.02 Å². The first-order valence-electron chi connectivity index (χ1n) is 3.92. The van der Waals surface area contributed by atoms with E-state index in [1.807, 2.05) is 0 Å². The number of carboxylic acid groups (broad SMARTS) is 1. The van der Waals surface area contributed by atoms with E-state index in [0.29, 0.717) is 0 Å². The van der Waals surface area contributed by atoms with Crippen molar-refractivity contribution in [2.75, 3.05) is 0 Å². The van der Waals surface area contributed by atoms with Crippen LogP contribution in [0.4, 0.5) is 8.78 Å². The van der Waals surface area contributed by atoms with Crippen molar-refractivity contribution in [2.45, 2.75) is 12.7 Å². The van der Waals surface area contributed by atoms with Crippen molar-refractivity contribution in [3.63, 3.8) is 0 Å². The molecule has 0 aromatic heterocycles. The van der Waals surface area contributed by atoms with Gasteiger partial charge in [0.25, 0.3) is 0 Å². The van der Waals surface area contributed by atoms with E-state index in [0.717, 1.165) is 0 Å². The SMILES string of the molecule is O=C(O)C(OC(F)F)c1cccc(Cl)c1. The third kappa shape index (κ3) is 3.45. The first-order chi connectivity index (χ1) is 7.00. The van der Waals surface area contributed by atoms with Gasteiger partial charge in [0.1, 0.15) is 0 Å². The molecular weight excluding hydrogens is 230 g/mol. The van der Waals surface area contributed by atoms with Crippen LogP contribution in [0.15, 0.2) is 24.3 Å². The van der Waals surface area contributed by atoms with Crippen molar-refractivity contribution >= 4 is 17.6 Å². The van der Waals surface area contributed by atoms with Crippen LogP contribution in [0, 0.1) is 0 Å². The number of hydrogen-bond donors (Lipinski definition) is 1. The lowest BCUT2D eigenvalue weighted by molar-refractivity contribution is -0.188. The summed E-state index contributed by atoms with van der Waals surface area (Å²) in [5.74, 6) is -1.49. The molecule has 1 rings (SSSR count). The van der Waals surface area contributed by atoms with Crippen molar-refractivity contribution in [3.05, 3.63) is 34.9 Å². The highest BCUT2D eigenvalue weighted by Gasteiger charge is 2.24. The molecule has 0 saturated carbocycles. The van der Waals surface area contributed by atoms with Gasteiger partial charge in [-0.05, 0) is 17.7 Å². The van der Waals surface area contributed by atoms with Crippen LogP contribution in [0.25, 0.3) is 0 Å². The summed E-state index contributed by atoms with van der Waals surface area (Å²) in [4.78, 5) is 10.6. The van der Waals surface area contributed by atoms with E-state index in [2.05, 4.69) is 4.74 Å². The van der Waals surface area contributed by atoms with E-state index in [1.54, 1.807) is 0 Å². The Balaban J connectivity index is 2.94. The summed E-state index contributed by atoms with van der Waals surface area (Å²) in [6.07, 6.45) is -1.70. The molecule has 1 aromatic rings. The molecule has 6 heteroatoms. The third-order valence-electron chi connectivity index (χ3n) is 1.61. The second kappa shape index (κ2) is 5.04. The summed E-state index contributed by atoms with van der Waals surface area (Å²) < 4.78 is 27.8. The van der Waals surface area contributed by atoms with Gasteiger partial charge in [-0.15, -0.1) is 0 Å². The standard InChI is InChI=1S/C9H7ClF2O3/c10-6-3-1-2-5(4-6)7(8(13)14)15-9(11)12/h1-4,7,9H,(H,13,14). The second-order valence-electron chi connectivity index (χ2n) is 2.67. The fourth-order valence-corrected chi connectivity index (χ4v) is 1.25. The van der Waals surface area contributed by atoms with Crippen LogP contribution in [-0.2, 0) is 9.53 Å². The van der Waals surface area contributed by atoms with Gasteiger partial charge < -0.3 is 9.84 Å². The Morgan fingerprint density at radius 3 is 2.60 bits per heavy atom. The highest BCUT2D eigenvalue weighted by Crippen LogP contribution is 2.23. The summed E-state index contributed by atoms with van der Waals surface area (Å²) in [6, 6.07) is 5.59. The Kier molecular flexibility index (Phi) is 3.99. The van der Waals surface area contributed by atoms with Gasteiger partial charge in [0.2, 0.25) is 0 Å². The van der Waals surface area contributed by atoms with Gasteiger partial charge >= 0.3 is 12.6 Å². The van der Waals surface area contributed by atoms with E-state index in [4.69, 9.17) is 16.7 Å². The van der Waals surface area contributed by atoms with E-state index >= 15 is 0 Å². The first kappa shape index (κ1) is 11.9. The second-order valence-corrected chi connectivity index (χ2v) is 3.11. The van der Waals surface area contributed by atoms with Gasteiger partial charge in [-0.2, -0.15) is 8.78 Å². The molecule has 15 heavy (non-hydrogen) atoms. The normalized spacial score (nSPS) is 12.8. The Bertz CT molecular complexity index is 357. The van der Waals surface area contributed by atoms with Crippen LogP contribution < -0.4 is 0 Å². The average Bonchev–Trinajstić information content (AvgIpc) is 2.13. The number of rotatable bonds is 4. The smallest absolute Gasteiger partial charge is 0.346 e. The summed E-state index contributed by atoms with van der Waals surface area (Å²) >= 11 is 5.59. The molecule has 1 atom stereocenters. The predicted molar refractivity (Wildman–Crippen MR) is 48.9 cm³/mol. The van der Waals surface area contributed by atoms with Gasteiger partial charge in [0.15, 0.2) is 6.10 Å². The van der Waals surface area contributed by atoms with Crippen LogP contribution in [0.1, 0.15) is 11.7 Å². The highest BCUT2D eigenvalue weighted by molar-refractivity contribution is 6.30. The molecule has 0 saturated heterocycles. The van der Waals surface area contributed by atoms with Gasteiger partial charge in [0.05, 0.1) is 0 Å². The molecule has 1 aromatic carbocycles. The van der Waals surface area contributed by atoms with E-state index in [1.165, 1.54) is 24.3 Å². The molecule has 0 heterocycles. The molecule has 1 unspecified atom stereocenters. The van der Waals surface area contributed by atoms with E-state index < -0.39 is 18.7 Å². The maximum absolute atomic E-state index is 11.9. The lowest BCUT2D eigenvalue weighted by Crippen LogP contribution is -2.17. The van der Waals surface area contributed by atoms with E-state index in [9.17, 15) is 13.6 Å². The number of carboxylic acids is 1. The van der Waals surface area contributed by atoms with Gasteiger partial charge in [-0.1, -0.05) is 23.7 Å². The maximum atomic E-state index is 11.9. The number of alkyl halides is 2. The number of halogens is 3. The molecule has 82 valence electrons.